The van der Waals surface area contributed by atoms with E-state index in [-0.39, 0.29) is 5.91 Å². The molecule has 18 heavy (non-hydrogen) atoms. The number of rotatable bonds is 1. The van der Waals surface area contributed by atoms with E-state index < -0.39 is 0 Å². The smallest absolute Gasteiger partial charge is 0.264 e. The number of benzene rings is 1. The number of hydrogen-bond acceptors (Lipinski definition) is 2. The average Bonchev–Trinajstić information content (AvgIpc) is 2.64. The Morgan fingerprint density at radius 1 is 1.11 bits per heavy atom. The molecule has 0 saturated heterocycles. The third-order valence-corrected chi connectivity index (χ3v) is 3.19. The van der Waals surface area contributed by atoms with Crippen molar-refractivity contribution in [1.82, 2.24) is 4.98 Å². The minimum atomic E-state index is -0.142. The Labute approximate surface area is 109 Å². The van der Waals surface area contributed by atoms with Crippen LogP contribution in [0, 0.1) is 0 Å². The number of carbonyl (C=O) groups is 1. The minimum absolute atomic E-state index is 0.142. The maximum Gasteiger partial charge on any atom is 0.264 e. The van der Waals surface area contributed by atoms with E-state index in [0.29, 0.717) is 22.1 Å². The molecule has 0 atom stereocenters. The number of fused-ring (bicyclic) bond motifs is 1. The molecule has 1 aromatic carbocycles. The van der Waals surface area contributed by atoms with Crippen LogP contribution in [0.15, 0.2) is 49.2 Å². The first-order valence-electron chi connectivity index (χ1n) is 5.43. The Morgan fingerprint density at radius 2 is 1.83 bits per heavy atom. The lowest BCUT2D eigenvalue weighted by molar-refractivity contribution is 0.101. The van der Waals surface area contributed by atoms with Gasteiger partial charge in [-0.3, -0.25) is 9.69 Å². The summed E-state index contributed by atoms with van der Waals surface area (Å²) in [5.41, 5.74) is 2.06. The summed E-state index contributed by atoms with van der Waals surface area (Å²) in [5, 5.41) is 0.430. The Morgan fingerprint density at radius 3 is 2.50 bits per heavy atom. The molecule has 0 fully saturated rings. The Bertz CT molecular complexity index is 631. The molecule has 0 unspecified atom stereocenters. The molecule has 1 aliphatic rings. The van der Waals surface area contributed by atoms with Crippen LogP contribution in [0.5, 0.6) is 0 Å². The van der Waals surface area contributed by atoms with Crippen molar-refractivity contribution in [1.29, 1.82) is 0 Å². The van der Waals surface area contributed by atoms with E-state index in [0.717, 1.165) is 5.56 Å². The van der Waals surface area contributed by atoms with Crippen LogP contribution < -0.4 is 4.90 Å². The number of hydrogen-bond donors (Lipinski definition) is 0. The number of anilines is 1. The van der Waals surface area contributed by atoms with Gasteiger partial charge in [-0.2, -0.15) is 0 Å². The van der Waals surface area contributed by atoms with Gasteiger partial charge in [-0.05, 0) is 18.2 Å². The van der Waals surface area contributed by atoms with Gasteiger partial charge < -0.3 is 0 Å². The highest BCUT2D eigenvalue weighted by Gasteiger charge is 2.33. The van der Waals surface area contributed by atoms with Gasteiger partial charge in [0, 0.05) is 17.3 Å². The summed E-state index contributed by atoms with van der Waals surface area (Å²) in [6, 6.07) is 10.8. The second kappa shape index (κ2) is 3.96. The highest BCUT2D eigenvalue weighted by atomic mass is 35.5. The van der Waals surface area contributed by atoms with Gasteiger partial charge in [0.05, 0.1) is 10.7 Å². The predicted molar refractivity (Wildman–Crippen MR) is 71.5 cm³/mol. The standard InChI is InChI=1S/C14H9ClN2O/c1-9-10-5-2-3-6-11(10)14(18)17(9)13-12(15)7-4-8-16-13/h2-8H,1H2. The largest absolute Gasteiger partial charge is 0.268 e. The van der Waals surface area contributed by atoms with Crippen molar-refractivity contribution in [3.05, 3.63) is 65.3 Å². The highest BCUT2D eigenvalue weighted by Crippen LogP contribution is 2.37. The molecule has 0 N–H and O–H groups in total. The van der Waals surface area contributed by atoms with Gasteiger partial charge >= 0.3 is 0 Å². The van der Waals surface area contributed by atoms with E-state index in [1.165, 1.54) is 4.90 Å². The summed E-state index contributed by atoms with van der Waals surface area (Å²) in [6.07, 6.45) is 1.60. The van der Waals surface area contributed by atoms with Crippen molar-refractivity contribution in [3.8, 4) is 0 Å². The molecule has 4 heteroatoms. The zero-order chi connectivity index (χ0) is 12.7. The molecule has 1 aromatic heterocycles. The molecular weight excluding hydrogens is 248 g/mol. The summed E-state index contributed by atoms with van der Waals surface area (Å²) in [4.78, 5) is 17.9. The lowest BCUT2D eigenvalue weighted by Gasteiger charge is -2.17. The van der Waals surface area contributed by atoms with Crippen LogP contribution in [0.3, 0.4) is 0 Å². The van der Waals surface area contributed by atoms with Crippen LogP contribution in [0.25, 0.3) is 5.70 Å². The maximum atomic E-state index is 12.3. The van der Waals surface area contributed by atoms with Gasteiger partial charge in [0.2, 0.25) is 0 Å². The molecule has 0 saturated carbocycles. The van der Waals surface area contributed by atoms with E-state index in [2.05, 4.69) is 11.6 Å². The number of nitrogens with zero attached hydrogens (tertiary/aromatic N) is 2. The number of pyridine rings is 1. The lowest BCUT2D eigenvalue weighted by Crippen LogP contribution is -2.23. The van der Waals surface area contributed by atoms with Crippen LogP contribution >= 0.6 is 11.6 Å². The molecule has 88 valence electrons. The van der Waals surface area contributed by atoms with Crippen LogP contribution in [-0.4, -0.2) is 10.9 Å². The zero-order valence-electron chi connectivity index (χ0n) is 9.43. The first-order chi connectivity index (χ1) is 8.70. The molecule has 0 radical (unpaired) electrons. The highest BCUT2D eigenvalue weighted by molar-refractivity contribution is 6.35. The molecule has 3 rings (SSSR count). The van der Waals surface area contributed by atoms with Crippen LogP contribution in [0.2, 0.25) is 5.02 Å². The van der Waals surface area contributed by atoms with Gasteiger partial charge in [0.1, 0.15) is 0 Å². The number of amides is 1. The van der Waals surface area contributed by atoms with Crippen molar-refractivity contribution >= 4 is 29.0 Å². The van der Waals surface area contributed by atoms with Gasteiger partial charge in [-0.25, -0.2) is 4.98 Å². The first kappa shape index (κ1) is 11.0. The van der Waals surface area contributed by atoms with Crippen LogP contribution in [-0.2, 0) is 0 Å². The maximum absolute atomic E-state index is 12.3. The van der Waals surface area contributed by atoms with E-state index in [4.69, 9.17) is 11.6 Å². The molecule has 2 aromatic rings. The Hall–Kier alpha value is -2.13. The Balaban J connectivity index is 2.16. The topological polar surface area (TPSA) is 33.2 Å². The fourth-order valence-electron chi connectivity index (χ4n) is 2.05. The molecule has 0 bridgehead atoms. The molecule has 2 heterocycles. The van der Waals surface area contributed by atoms with Crippen molar-refractivity contribution < 1.29 is 4.79 Å². The molecule has 3 nitrogen and oxygen atoms in total. The molecule has 1 aliphatic heterocycles. The zero-order valence-corrected chi connectivity index (χ0v) is 10.2. The lowest BCUT2D eigenvalue weighted by atomic mass is 10.1. The van der Waals surface area contributed by atoms with Crippen molar-refractivity contribution in [2.45, 2.75) is 0 Å². The number of halogens is 1. The van der Waals surface area contributed by atoms with Crippen molar-refractivity contribution in [2.75, 3.05) is 4.90 Å². The summed E-state index contributed by atoms with van der Waals surface area (Å²) in [6.45, 7) is 3.95. The molecule has 0 aliphatic carbocycles. The quantitative estimate of drug-likeness (QED) is 0.784. The summed E-state index contributed by atoms with van der Waals surface area (Å²) >= 11 is 6.08. The normalized spacial score (nSPS) is 13.9. The fraction of sp³-hybridized carbons (Fsp3) is 0. The van der Waals surface area contributed by atoms with E-state index in [1.54, 1.807) is 24.4 Å². The van der Waals surface area contributed by atoms with E-state index >= 15 is 0 Å². The van der Waals surface area contributed by atoms with E-state index in [9.17, 15) is 4.79 Å². The molecule has 1 amide bonds. The minimum Gasteiger partial charge on any atom is -0.268 e. The second-order valence-electron chi connectivity index (χ2n) is 3.94. The monoisotopic (exact) mass is 256 g/mol. The summed E-state index contributed by atoms with van der Waals surface area (Å²) < 4.78 is 0. The van der Waals surface area contributed by atoms with Gasteiger partial charge in [-0.15, -0.1) is 0 Å². The van der Waals surface area contributed by atoms with Crippen molar-refractivity contribution in [3.63, 3.8) is 0 Å². The van der Waals surface area contributed by atoms with Crippen LogP contribution in [0.4, 0.5) is 5.82 Å². The third-order valence-electron chi connectivity index (χ3n) is 2.89. The average molecular weight is 257 g/mol. The SMILES string of the molecule is C=C1c2ccccc2C(=O)N1c1ncccc1Cl. The Kier molecular flexibility index (Phi) is 2.42. The fourth-order valence-corrected chi connectivity index (χ4v) is 2.26. The first-order valence-corrected chi connectivity index (χ1v) is 5.81. The van der Waals surface area contributed by atoms with Gasteiger partial charge in [0.15, 0.2) is 5.82 Å². The molecule has 0 spiro atoms. The predicted octanol–water partition coefficient (Wildman–Crippen LogP) is 3.37. The van der Waals surface area contributed by atoms with Gasteiger partial charge in [-0.1, -0.05) is 36.4 Å². The third kappa shape index (κ3) is 1.45. The van der Waals surface area contributed by atoms with Crippen LogP contribution in [0.1, 0.15) is 15.9 Å². The molecular formula is C14H9ClN2O. The number of carbonyl (C=O) groups excluding carboxylic acids is 1. The second-order valence-corrected chi connectivity index (χ2v) is 4.35. The van der Waals surface area contributed by atoms with E-state index in [1.807, 2.05) is 18.2 Å². The summed E-state index contributed by atoms with van der Waals surface area (Å²) in [5.74, 6) is 0.279. The van der Waals surface area contributed by atoms with Crippen molar-refractivity contribution in [2.24, 2.45) is 0 Å². The van der Waals surface area contributed by atoms with Gasteiger partial charge in [0.25, 0.3) is 5.91 Å². The summed E-state index contributed by atoms with van der Waals surface area (Å²) in [7, 11) is 0. The number of aromatic nitrogens is 1.